The van der Waals surface area contributed by atoms with Gasteiger partial charge in [-0.2, -0.15) is 0 Å². The van der Waals surface area contributed by atoms with Crippen LogP contribution in [0.2, 0.25) is 0 Å². The van der Waals surface area contributed by atoms with E-state index in [-0.39, 0.29) is 17.8 Å². The van der Waals surface area contributed by atoms with Gasteiger partial charge in [-0.15, -0.1) is 0 Å². The van der Waals surface area contributed by atoms with Gasteiger partial charge in [0.1, 0.15) is 6.10 Å². The molecule has 0 radical (unpaired) electrons. The van der Waals surface area contributed by atoms with Crippen molar-refractivity contribution >= 4 is 0 Å². The Hall–Kier alpha value is -1.20. The first-order valence-corrected chi connectivity index (χ1v) is 8.01. The maximum Gasteiger partial charge on any atom is 0.250 e. The summed E-state index contributed by atoms with van der Waals surface area (Å²) in [7, 11) is 0. The molecule has 2 aliphatic heterocycles. The number of ether oxygens (including phenoxy) is 1. The quantitative estimate of drug-likeness (QED) is 0.922. The molecule has 4 nitrogen and oxygen atoms in total. The second-order valence-electron chi connectivity index (χ2n) is 6.13. The third-order valence-electron chi connectivity index (χ3n) is 4.44. The molecule has 3 heterocycles. The number of aromatic nitrogens is 1. The Balaban J connectivity index is 1.52. The fourth-order valence-corrected chi connectivity index (χ4v) is 3.32. The zero-order valence-electron chi connectivity index (χ0n) is 12.4. The van der Waals surface area contributed by atoms with E-state index in [2.05, 4.69) is 15.2 Å². The number of piperidine rings is 2. The predicted octanol–water partition coefficient (Wildman–Crippen LogP) is 2.06. The SMILES string of the molecule is Fc1cccnc1OC1CCCN(CC2CCNCC2)C1. The van der Waals surface area contributed by atoms with Crippen LogP contribution in [0, 0.1) is 11.7 Å². The second kappa shape index (κ2) is 7.18. The standard InChI is InChI=1S/C16H24FN3O/c17-15-4-1-7-19-16(15)21-14-3-2-10-20(12-14)11-13-5-8-18-9-6-13/h1,4,7,13-14,18H,2-3,5-6,8-12H2. The van der Waals surface area contributed by atoms with Gasteiger partial charge in [0, 0.05) is 19.3 Å². The van der Waals surface area contributed by atoms with Crippen molar-refractivity contribution in [1.82, 2.24) is 15.2 Å². The number of rotatable bonds is 4. The maximum absolute atomic E-state index is 13.6. The summed E-state index contributed by atoms with van der Waals surface area (Å²) in [6.45, 7) is 5.44. The molecule has 0 bridgehead atoms. The number of nitrogens with zero attached hydrogens (tertiary/aromatic N) is 2. The average Bonchev–Trinajstić information content (AvgIpc) is 2.51. The lowest BCUT2D eigenvalue weighted by Gasteiger charge is -2.35. The van der Waals surface area contributed by atoms with Gasteiger partial charge in [0.05, 0.1) is 0 Å². The predicted molar refractivity (Wildman–Crippen MR) is 79.9 cm³/mol. The molecular formula is C16H24FN3O. The topological polar surface area (TPSA) is 37.4 Å². The van der Waals surface area contributed by atoms with Crippen LogP contribution in [0.25, 0.3) is 0 Å². The van der Waals surface area contributed by atoms with E-state index in [4.69, 9.17) is 4.74 Å². The van der Waals surface area contributed by atoms with E-state index in [1.807, 2.05) is 0 Å². The fourth-order valence-electron chi connectivity index (χ4n) is 3.32. The lowest BCUT2D eigenvalue weighted by Crippen LogP contribution is -2.44. The molecule has 1 aromatic heterocycles. The van der Waals surface area contributed by atoms with Gasteiger partial charge in [0.2, 0.25) is 0 Å². The van der Waals surface area contributed by atoms with Gasteiger partial charge in [-0.1, -0.05) is 0 Å². The summed E-state index contributed by atoms with van der Waals surface area (Å²) in [5.41, 5.74) is 0. The summed E-state index contributed by atoms with van der Waals surface area (Å²) in [6.07, 6.45) is 6.26. The Bertz CT molecular complexity index is 451. The van der Waals surface area contributed by atoms with Gasteiger partial charge < -0.3 is 10.1 Å². The molecular weight excluding hydrogens is 269 g/mol. The van der Waals surface area contributed by atoms with E-state index in [9.17, 15) is 4.39 Å². The molecule has 0 aliphatic carbocycles. The number of pyridine rings is 1. The highest BCUT2D eigenvalue weighted by Crippen LogP contribution is 2.21. The van der Waals surface area contributed by atoms with E-state index < -0.39 is 0 Å². The van der Waals surface area contributed by atoms with Crippen molar-refractivity contribution in [3.8, 4) is 5.88 Å². The summed E-state index contributed by atoms with van der Waals surface area (Å²) in [4.78, 5) is 6.47. The Labute approximate surface area is 125 Å². The van der Waals surface area contributed by atoms with Gasteiger partial charge in [-0.3, -0.25) is 4.90 Å². The van der Waals surface area contributed by atoms with Crippen LogP contribution in [0.5, 0.6) is 5.88 Å². The third kappa shape index (κ3) is 4.14. The summed E-state index contributed by atoms with van der Waals surface area (Å²) in [5, 5.41) is 3.41. The molecule has 5 heteroatoms. The lowest BCUT2D eigenvalue weighted by atomic mass is 9.96. The summed E-state index contributed by atoms with van der Waals surface area (Å²) < 4.78 is 19.4. The molecule has 1 N–H and O–H groups in total. The van der Waals surface area contributed by atoms with Crippen molar-refractivity contribution in [2.24, 2.45) is 5.92 Å². The van der Waals surface area contributed by atoms with Crippen molar-refractivity contribution in [2.45, 2.75) is 31.8 Å². The summed E-state index contributed by atoms with van der Waals surface area (Å²) >= 11 is 0. The largest absolute Gasteiger partial charge is 0.471 e. The Morgan fingerprint density at radius 3 is 3.00 bits per heavy atom. The fraction of sp³-hybridized carbons (Fsp3) is 0.688. The number of likely N-dealkylation sites (tertiary alicyclic amines) is 1. The number of hydrogen-bond donors (Lipinski definition) is 1. The first-order chi connectivity index (χ1) is 10.3. The van der Waals surface area contributed by atoms with Gasteiger partial charge in [-0.05, 0) is 63.4 Å². The van der Waals surface area contributed by atoms with Crippen LogP contribution in [0.15, 0.2) is 18.3 Å². The van der Waals surface area contributed by atoms with Crippen LogP contribution < -0.4 is 10.1 Å². The molecule has 1 unspecified atom stereocenters. The molecule has 0 aromatic carbocycles. The highest BCUT2D eigenvalue weighted by atomic mass is 19.1. The van der Waals surface area contributed by atoms with Crippen molar-refractivity contribution < 1.29 is 9.13 Å². The molecule has 21 heavy (non-hydrogen) atoms. The van der Waals surface area contributed by atoms with Crippen LogP contribution in [-0.2, 0) is 0 Å². The average molecular weight is 293 g/mol. The van der Waals surface area contributed by atoms with Gasteiger partial charge in [0.25, 0.3) is 5.88 Å². The van der Waals surface area contributed by atoms with E-state index >= 15 is 0 Å². The van der Waals surface area contributed by atoms with Crippen molar-refractivity contribution in [2.75, 3.05) is 32.7 Å². The smallest absolute Gasteiger partial charge is 0.250 e. The molecule has 2 saturated heterocycles. The normalized spacial score (nSPS) is 24.9. The molecule has 3 rings (SSSR count). The first-order valence-electron chi connectivity index (χ1n) is 8.01. The zero-order chi connectivity index (χ0) is 14.5. The molecule has 1 aromatic rings. The molecule has 0 saturated carbocycles. The Kier molecular flexibility index (Phi) is 5.04. The highest BCUT2D eigenvalue weighted by molar-refractivity contribution is 5.13. The van der Waals surface area contributed by atoms with E-state index in [0.29, 0.717) is 0 Å². The van der Waals surface area contributed by atoms with Gasteiger partial charge >= 0.3 is 0 Å². The molecule has 1 atom stereocenters. The van der Waals surface area contributed by atoms with Crippen LogP contribution in [0.1, 0.15) is 25.7 Å². The minimum atomic E-state index is -0.368. The molecule has 0 spiro atoms. The van der Waals surface area contributed by atoms with Crippen molar-refractivity contribution in [3.05, 3.63) is 24.1 Å². The van der Waals surface area contributed by atoms with Crippen LogP contribution in [0.3, 0.4) is 0 Å². The van der Waals surface area contributed by atoms with E-state index in [1.54, 1.807) is 12.3 Å². The van der Waals surface area contributed by atoms with Crippen LogP contribution in [-0.4, -0.2) is 48.7 Å². The van der Waals surface area contributed by atoms with E-state index in [1.165, 1.54) is 18.9 Å². The highest BCUT2D eigenvalue weighted by Gasteiger charge is 2.25. The van der Waals surface area contributed by atoms with Crippen molar-refractivity contribution in [1.29, 1.82) is 0 Å². The molecule has 2 fully saturated rings. The van der Waals surface area contributed by atoms with Crippen LogP contribution >= 0.6 is 0 Å². The summed E-state index contributed by atoms with van der Waals surface area (Å²) in [6, 6.07) is 2.99. The maximum atomic E-state index is 13.6. The zero-order valence-corrected chi connectivity index (χ0v) is 12.4. The molecule has 116 valence electrons. The summed E-state index contributed by atoms with van der Waals surface area (Å²) in [5.74, 6) is 0.566. The van der Waals surface area contributed by atoms with Crippen LogP contribution in [0.4, 0.5) is 4.39 Å². The molecule has 2 aliphatic rings. The number of hydrogen-bond acceptors (Lipinski definition) is 4. The first kappa shape index (κ1) is 14.7. The van der Waals surface area contributed by atoms with Gasteiger partial charge in [0.15, 0.2) is 5.82 Å². The van der Waals surface area contributed by atoms with Gasteiger partial charge in [-0.25, -0.2) is 9.37 Å². The number of nitrogens with one attached hydrogen (secondary N) is 1. The minimum Gasteiger partial charge on any atom is -0.471 e. The van der Waals surface area contributed by atoms with E-state index in [0.717, 1.165) is 51.5 Å². The second-order valence-corrected chi connectivity index (χ2v) is 6.13. The lowest BCUT2D eigenvalue weighted by molar-refractivity contribution is 0.0688. The Morgan fingerprint density at radius 1 is 1.33 bits per heavy atom. The number of halogens is 1. The van der Waals surface area contributed by atoms with Crippen molar-refractivity contribution in [3.63, 3.8) is 0 Å². The Morgan fingerprint density at radius 2 is 2.19 bits per heavy atom. The molecule has 0 amide bonds. The third-order valence-corrected chi connectivity index (χ3v) is 4.44. The monoisotopic (exact) mass is 293 g/mol. The minimum absolute atomic E-state index is 0.0601.